The second-order valence-electron chi connectivity index (χ2n) is 7.98. The van der Waals surface area contributed by atoms with Crippen LogP contribution in [0.5, 0.6) is 0 Å². The predicted octanol–water partition coefficient (Wildman–Crippen LogP) is 7.62. The van der Waals surface area contributed by atoms with Gasteiger partial charge in [0.2, 0.25) is 0 Å². The predicted molar refractivity (Wildman–Crippen MR) is 129 cm³/mol. The van der Waals surface area contributed by atoms with Gasteiger partial charge in [0.05, 0.1) is 0 Å². The summed E-state index contributed by atoms with van der Waals surface area (Å²) in [6.07, 6.45) is 19.2. The van der Waals surface area contributed by atoms with E-state index in [-0.39, 0.29) is 0 Å². The number of aromatic amines is 1. The van der Waals surface area contributed by atoms with Gasteiger partial charge >= 0.3 is 0 Å². The summed E-state index contributed by atoms with van der Waals surface area (Å²) in [7, 11) is 0. The Kier molecular flexibility index (Phi) is 9.26. The topological polar surface area (TPSA) is 44.9 Å². The second kappa shape index (κ2) is 12.7. The van der Waals surface area contributed by atoms with Crippen LogP contribution in [0.4, 0.5) is 5.69 Å². The van der Waals surface area contributed by atoms with Crippen LogP contribution < -0.4 is 5.32 Å². The van der Waals surface area contributed by atoms with Gasteiger partial charge < -0.3 is 10.3 Å². The molecule has 0 atom stereocenters. The zero-order chi connectivity index (χ0) is 20.9. The zero-order valence-electron chi connectivity index (χ0n) is 17.9. The molecule has 0 saturated carbocycles. The number of unbranched alkanes of at least 4 members (excludes halogenated alkanes) is 8. The highest BCUT2D eigenvalue weighted by Gasteiger charge is 1.98. The molecule has 30 heavy (non-hydrogen) atoms. The number of benzene rings is 2. The molecule has 1 heterocycles. The van der Waals surface area contributed by atoms with Crippen molar-refractivity contribution in [2.75, 3.05) is 11.9 Å². The van der Waals surface area contributed by atoms with Gasteiger partial charge in [-0.2, -0.15) is 0 Å². The molecule has 158 valence electrons. The maximum Gasteiger partial charge on any atom is 0.150 e. The average molecular weight is 403 g/mol. The van der Waals surface area contributed by atoms with Crippen LogP contribution in [0.25, 0.3) is 17.0 Å². The van der Waals surface area contributed by atoms with Crippen LogP contribution in [-0.2, 0) is 0 Å². The summed E-state index contributed by atoms with van der Waals surface area (Å²) in [5.74, 6) is 0. The fourth-order valence-electron chi connectivity index (χ4n) is 3.80. The molecular formula is C27H34N2O. The fraction of sp³-hybridized carbons (Fsp3) is 0.370. The first-order valence-corrected chi connectivity index (χ1v) is 11.4. The minimum absolute atomic E-state index is 0.728. The van der Waals surface area contributed by atoms with Crippen molar-refractivity contribution >= 4 is 29.0 Å². The van der Waals surface area contributed by atoms with Crippen molar-refractivity contribution < 1.29 is 4.79 Å². The number of aromatic nitrogens is 1. The van der Waals surface area contributed by atoms with E-state index in [1.165, 1.54) is 74.3 Å². The second-order valence-corrected chi connectivity index (χ2v) is 7.98. The lowest BCUT2D eigenvalue weighted by molar-refractivity contribution is 0.112. The standard InChI is InChI=1S/C27H34N2O/c30-22-23-16-18-25(19-17-23)28-20-12-8-6-4-2-1-3-5-7-9-13-24-21-29-27-15-11-10-14-26(24)27/h9-11,13-19,21-22,28-29H,1-8,12,20H2/b13-9+. The van der Waals surface area contributed by atoms with Crippen molar-refractivity contribution in [2.24, 2.45) is 0 Å². The molecular weight excluding hydrogens is 368 g/mol. The van der Waals surface area contributed by atoms with E-state index in [0.29, 0.717) is 0 Å². The average Bonchev–Trinajstić information content (AvgIpc) is 3.20. The molecule has 3 heteroatoms. The summed E-state index contributed by atoms with van der Waals surface area (Å²) in [4.78, 5) is 14.0. The maximum atomic E-state index is 10.6. The van der Waals surface area contributed by atoms with Crippen molar-refractivity contribution in [2.45, 2.75) is 57.8 Å². The molecule has 0 unspecified atom stereocenters. The van der Waals surface area contributed by atoms with Crippen molar-refractivity contribution in [1.29, 1.82) is 0 Å². The fourth-order valence-corrected chi connectivity index (χ4v) is 3.80. The number of carbonyl (C=O) groups excluding carboxylic acids is 1. The Bertz CT molecular complexity index is 908. The Labute approximate surface area is 180 Å². The SMILES string of the molecule is O=Cc1ccc(NCCCCCCCCCC/C=C/c2c[nH]c3ccccc23)cc1. The zero-order valence-corrected chi connectivity index (χ0v) is 17.9. The van der Waals surface area contributed by atoms with Crippen LogP contribution in [0.2, 0.25) is 0 Å². The van der Waals surface area contributed by atoms with E-state index in [4.69, 9.17) is 0 Å². The largest absolute Gasteiger partial charge is 0.385 e. The number of allylic oxidation sites excluding steroid dienone is 1. The van der Waals surface area contributed by atoms with Gasteiger partial charge in [-0.1, -0.05) is 68.9 Å². The first-order chi connectivity index (χ1) is 14.9. The van der Waals surface area contributed by atoms with Crippen molar-refractivity contribution in [3.63, 3.8) is 0 Å². The maximum absolute atomic E-state index is 10.6. The number of aldehydes is 1. The molecule has 0 amide bonds. The number of fused-ring (bicyclic) bond motifs is 1. The molecule has 0 aliphatic rings. The lowest BCUT2D eigenvalue weighted by atomic mass is 10.1. The van der Waals surface area contributed by atoms with E-state index >= 15 is 0 Å². The summed E-state index contributed by atoms with van der Waals surface area (Å²) >= 11 is 0. The van der Waals surface area contributed by atoms with E-state index in [0.717, 1.165) is 24.1 Å². The van der Waals surface area contributed by atoms with Gasteiger partial charge in [-0.05, 0) is 55.2 Å². The molecule has 2 N–H and O–H groups in total. The van der Waals surface area contributed by atoms with Gasteiger partial charge in [0.1, 0.15) is 6.29 Å². The van der Waals surface area contributed by atoms with Gasteiger partial charge in [0.25, 0.3) is 0 Å². The molecule has 0 saturated heterocycles. The smallest absolute Gasteiger partial charge is 0.150 e. The molecule has 0 spiro atoms. The molecule has 1 aromatic heterocycles. The monoisotopic (exact) mass is 402 g/mol. The molecule has 0 fully saturated rings. The number of H-pyrrole nitrogens is 1. The van der Waals surface area contributed by atoms with E-state index < -0.39 is 0 Å². The van der Waals surface area contributed by atoms with Crippen LogP contribution in [0.15, 0.2) is 60.8 Å². The first kappa shape index (κ1) is 21.9. The molecule has 0 aliphatic heterocycles. The third kappa shape index (κ3) is 7.22. The van der Waals surface area contributed by atoms with E-state index in [2.05, 4.69) is 52.9 Å². The molecule has 0 bridgehead atoms. The van der Waals surface area contributed by atoms with Crippen molar-refractivity contribution in [3.8, 4) is 0 Å². The van der Waals surface area contributed by atoms with Crippen LogP contribution in [0, 0.1) is 0 Å². The number of hydrogen-bond acceptors (Lipinski definition) is 2. The molecule has 0 aliphatic carbocycles. The van der Waals surface area contributed by atoms with Gasteiger partial charge in [0, 0.05) is 34.9 Å². The number of carbonyl (C=O) groups is 1. The Morgan fingerprint density at radius 3 is 2.27 bits per heavy atom. The summed E-state index contributed by atoms with van der Waals surface area (Å²) in [5, 5.41) is 4.73. The van der Waals surface area contributed by atoms with Crippen molar-refractivity contribution in [3.05, 3.63) is 71.9 Å². The summed E-state index contributed by atoms with van der Waals surface area (Å²) in [6, 6.07) is 16.1. The summed E-state index contributed by atoms with van der Waals surface area (Å²) in [6.45, 7) is 1.00. The van der Waals surface area contributed by atoms with Crippen LogP contribution in [0.1, 0.15) is 73.7 Å². The Morgan fingerprint density at radius 1 is 0.800 bits per heavy atom. The highest BCUT2D eigenvalue weighted by molar-refractivity contribution is 5.88. The molecule has 2 aromatic carbocycles. The third-order valence-corrected chi connectivity index (χ3v) is 5.59. The Hall–Kier alpha value is -2.81. The van der Waals surface area contributed by atoms with E-state index in [1.54, 1.807) is 0 Å². The lowest BCUT2D eigenvalue weighted by Crippen LogP contribution is -2.01. The van der Waals surface area contributed by atoms with E-state index in [1.807, 2.05) is 24.3 Å². The lowest BCUT2D eigenvalue weighted by Gasteiger charge is -2.06. The molecule has 3 rings (SSSR count). The minimum atomic E-state index is 0.728. The highest BCUT2D eigenvalue weighted by Crippen LogP contribution is 2.19. The van der Waals surface area contributed by atoms with Crippen molar-refractivity contribution in [1.82, 2.24) is 4.98 Å². The number of anilines is 1. The quantitative estimate of drug-likeness (QED) is 0.215. The minimum Gasteiger partial charge on any atom is -0.385 e. The molecule has 0 radical (unpaired) electrons. The number of para-hydroxylation sites is 1. The molecule has 3 aromatic rings. The molecule has 3 nitrogen and oxygen atoms in total. The van der Waals surface area contributed by atoms with Gasteiger partial charge in [0.15, 0.2) is 0 Å². The normalized spacial score (nSPS) is 11.3. The van der Waals surface area contributed by atoms with Gasteiger partial charge in [-0.3, -0.25) is 4.79 Å². The Balaban J connectivity index is 1.14. The number of rotatable bonds is 14. The van der Waals surface area contributed by atoms with Crippen LogP contribution in [0.3, 0.4) is 0 Å². The van der Waals surface area contributed by atoms with Gasteiger partial charge in [-0.15, -0.1) is 0 Å². The highest BCUT2D eigenvalue weighted by atomic mass is 16.1. The van der Waals surface area contributed by atoms with E-state index in [9.17, 15) is 4.79 Å². The summed E-state index contributed by atoms with van der Waals surface area (Å²) < 4.78 is 0. The summed E-state index contributed by atoms with van der Waals surface area (Å²) in [5.41, 5.74) is 4.32. The first-order valence-electron chi connectivity index (χ1n) is 11.4. The number of hydrogen-bond donors (Lipinski definition) is 2. The Morgan fingerprint density at radius 2 is 1.50 bits per heavy atom. The van der Waals surface area contributed by atoms with Crippen LogP contribution >= 0.6 is 0 Å². The van der Waals surface area contributed by atoms with Gasteiger partial charge in [-0.25, -0.2) is 0 Å². The number of nitrogens with one attached hydrogen (secondary N) is 2. The van der Waals surface area contributed by atoms with Crippen LogP contribution in [-0.4, -0.2) is 17.8 Å². The third-order valence-electron chi connectivity index (χ3n) is 5.59.